The third-order valence-electron chi connectivity index (χ3n) is 5.88. The van der Waals surface area contributed by atoms with Crippen molar-refractivity contribution in [2.45, 2.75) is 12.6 Å². The van der Waals surface area contributed by atoms with Crippen LogP contribution in [0.4, 0.5) is 0 Å². The molecule has 1 aromatic heterocycles. The number of ether oxygens (including phenoxy) is 2. The Balaban J connectivity index is 1.53. The molecular weight excluding hydrogens is 510 g/mol. The predicted octanol–water partition coefficient (Wildman–Crippen LogP) is 5.68. The summed E-state index contributed by atoms with van der Waals surface area (Å²) >= 11 is 9.68. The first-order valence-electron chi connectivity index (χ1n) is 10.2. The first-order valence-corrected chi connectivity index (χ1v) is 11.4. The predicted molar refractivity (Wildman–Crippen MR) is 126 cm³/mol. The lowest BCUT2D eigenvalue weighted by Crippen LogP contribution is -2.29. The van der Waals surface area contributed by atoms with Gasteiger partial charge in [0, 0.05) is 16.0 Å². The summed E-state index contributed by atoms with van der Waals surface area (Å²) < 4.78 is 17.6. The fourth-order valence-electron chi connectivity index (χ4n) is 4.41. The number of halogens is 2. The van der Waals surface area contributed by atoms with E-state index in [9.17, 15) is 9.59 Å². The number of amides is 1. The molecule has 1 atom stereocenters. The average molecular weight is 525 g/mol. The SMILES string of the molecule is O=C1c2oc3ccc(Br)cc3c(=O)c2C(c2cccc(Cl)c2)N1Cc1ccc2c(c1)OCO2. The highest BCUT2D eigenvalue weighted by Gasteiger charge is 2.43. The molecule has 0 spiro atoms. The Bertz CT molecular complexity index is 1510. The Morgan fingerprint density at radius 3 is 2.70 bits per heavy atom. The van der Waals surface area contributed by atoms with Gasteiger partial charge in [-0.3, -0.25) is 9.59 Å². The van der Waals surface area contributed by atoms with E-state index in [1.54, 1.807) is 41.3 Å². The minimum atomic E-state index is -0.642. The summed E-state index contributed by atoms with van der Waals surface area (Å²) in [4.78, 5) is 28.8. The molecule has 1 amide bonds. The van der Waals surface area contributed by atoms with Crippen LogP contribution in [-0.2, 0) is 6.54 Å². The molecule has 8 heteroatoms. The Morgan fingerprint density at radius 1 is 1.00 bits per heavy atom. The molecule has 0 saturated heterocycles. The van der Waals surface area contributed by atoms with E-state index in [1.165, 1.54) is 0 Å². The van der Waals surface area contributed by atoms with Crippen molar-refractivity contribution >= 4 is 44.4 Å². The lowest BCUT2D eigenvalue weighted by atomic mass is 9.98. The van der Waals surface area contributed by atoms with E-state index in [2.05, 4.69) is 15.9 Å². The molecule has 4 aromatic rings. The summed E-state index contributed by atoms with van der Waals surface area (Å²) in [5, 5.41) is 0.928. The smallest absolute Gasteiger partial charge is 0.291 e. The van der Waals surface area contributed by atoms with E-state index in [1.807, 2.05) is 24.3 Å². The number of hydrogen-bond donors (Lipinski definition) is 0. The lowest BCUT2D eigenvalue weighted by Gasteiger charge is -2.25. The molecule has 0 aliphatic carbocycles. The van der Waals surface area contributed by atoms with Crippen LogP contribution in [0.3, 0.4) is 0 Å². The zero-order valence-electron chi connectivity index (χ0n) is 17.0. The van der Waals surface area contributed by atoms with Crippen LogP contribution in [0.15, 0.2) is 74.3 Å². The van der Waals surface area contributed by atoms with E-state index >= 15 is 0 Å². The quantitative estimate of drug-likeness (QED) is 0.345. The van der Waals surface area contributed by atoms with E-state index in [0.717, 1.165) is 15.6 Å². The fourth-order valence-corrected chi connectivity index (χ4v) is 4.97. The fraction of sp³-hybridized carbons (Fsp3) is 0.120. The van der Waals surface area contributed by atoms with Crippen molar-refractivity contribution in [3.63, 3.8) is 0 Å². The van der Waals surface area contributed by atoms with Crippen LogP contribution in [0.5, 0.6) is 11.5 Å². The number of rotatable bonds is 3. The van der Waals surface area contributed by atoms with E-state index in [4.69, 9.17) is 25.5 Å². The average Bonchev–Trinajstić information content (AvgIpc) is 3.37. The minimum Gasteiger partial charge on any atom is -0.454 e. The van der Waals surface area contributed by atoms with Gasteiger partial charge in [0.05, 0.1) is 17.0 Å². The Morgan fingerprint density at radius 2 is 1.85 bits per heavy atom. The molecule has 2 aliphatic rings. The van der Waals surface area contributed by atoms with Crippen LogP contribution >= 0.6 is 27.5 Å². The van der Waals surface area contributed by atoms with Crippen LogP contribution in [0.25, 0.3) is 11.0 Å². The maximum atomic E-state index is 13.6. The second kappa shape index (κ2) is 7.64. The molecule has 0 N–H and O–H groups in total. The molecular formula is C25H15BrClNO5. The number of carbonyl (C=O) groups is 1. The summed E-state index contributed by atoms with van der Waals surface area (Å²) in [6.45, 7) is 0.412. The van der Waals surface area contributed by atoms with Crippen LogP contribution in [-0.4, -0.2) is 17.6 Å². The summed E-state index contributed by atoms with van der Waals surface area (Å²) in [6, 6.07) is 17.2. The van der Waals surface area contributed by atoms with Crippen LogP contribution in [0.2, 0.25) is 5.02 Å². The lowest BCUT2D eigenvalue weighted by molar-refractivity contribution is 0.0714. The van der Waals surface area contributed by atoms with Crippen LogP contribution in [0, 0.1) is 0 Å². The number of carbonyl (C=O) groups excluding carboxylic acids is 1. The van der Waals surface area contributed by atoms with E-state index in [0.29, 0.717) is 33.1 Å². The Hall–Kier alpha value is -3.29. The molecule has 6 rings (SSSR count). The molecule has 0 radical (unpaired) electrons. The molecule has 1 unspecified atom stereocenters. The summed E-state index contributed by atoms with van der Waals surface area (Å²) in [7, 11) is 0. The van der Waals surface area contributed by atoms with E-state index < -0.39 is 6.04 Å². The zero-order valence-corrected chi connectivity index (χ0v) is 19.4. The van der Waals surface area contributed by atoms with Gasteiger partial charge in [0.25, 0.3) is 5.91 Å². The standard InChI is InChI=1S/C25H15BrClNO5/c26-15-5-7-18-17(10-15)23(29)21-22(14-2-1-3-16(27)9-14)28(25(30)24(21)33-18)11-13-4-6-19-20(8-13)32-12-31-19/h1-10,22H,11-12H2. The van der Waals surface area contributed by atoms with Crippen LogP contribution in [0.1, 0.15) is 33.3 Å². The minimum absolute atomic E-state index is 0.0561. The molecule has 164 valence electrons. The number of fused-ring (bicyclic) bond motifs is 3. The van der Waals surface area contributed by atoms with Crippen LogP contribution < -0.4 is 14.9 Å². The van der Waals surface area contributed by atoms with Crippen molar-refractivity contribution < 1.29 is 18.7 Å². The molecule has 6 nitrogen and oxygen atoms in total. The molecule has 33 heavy (non-hydrogen) atoms. The first kappa shape index (κ1) is 20.3. The van der Waals surface area contributed by atoms with Gasteiger partial charge >= 0.3 is 0 Å². The highest BCUT2D eigenvalue weighted by Crippen LogP contribution is 2.41. The normalized spacial score (nSPS) is 16.5. The molecule has 0 saturated carbocycles. The monoisotopic (exact) mass is 523 g/mol. The van der Waals surface area contributed by atoms with Crippen molar-refractivity contribution in [2.75, 3.05) is 6.79 Å². The van der Waals surface area contributed by atoms with Gasteiger partial charge in [-0.25, -0.2) is 0 Å². The molecule has 3 aromatic carbocycles. The van der Waals surface area contributed by atoms with Crippen molar-refractivity contribution in [3.8, 4) is 11.5 Å². The van der Waals surface area contributed by atoms with Crippen molar-refractivity contribution in [1.82, 2.24) is 4.90 Å². The maximum absolute atomic E-state index is 13.6. The van der Waals surface area contributed by atoms with Crippen molar-refractivity contribution in [1.29, 1.82) is 0 Å². The summed E-state index contributed by atoms with van der Waals surface area (Å²) in [6.07, 6.45) is 0. The number of benzene rings is 3. The van der Waals surface area contributed by atoms with Crippen molar-refractivity contribution in [3.05, 3.63) is 103 Å². The van der Waals surface area contributed by atoms with Gasteiger partial charge in [-0.05, 0) is 53.6 Å². The van der Waals surface area contributed by atoms with E-state index in [-0.39, 0.29) is 30.4 Å². The van der Waals surface area contributed by atoms with Gasteiger partial charge in [0.2, 0.25) is 12.6 Å². The highest BCUT2D eigenvalue weighted by molar-refractivity contribution is 9.10. The highest BCUT2D eigenvalue weighted by atomic mass is 79.9. The Labute approximate surface area is 201 Å². The van der Waals surface area contributed by atoms with Gasteiger partial charge in [-0.1, -0.05) is 45.7 Å². The molecule has 2 aliphatic heterocycles. The van der Waals surface area contributed by atoms with Gasteiger partial charge in [0.1, 0.15) is 5.58 Å². The zero-order chi connectivity index (χ0) is 22.7. The molecule has 3 heterocycles. The van der Waals surface area contributed by atoms with Gasteiger partial charge in [-0.2, -0.15) is 0 Å². The maximum Gasteiger partial charge on any atom is 0.291 e. The molecule has 0 bridgehead atoms. The second-order valence-corrected chi connectivity index (χ2v) is 9.24. The summed E-state index contributed by atoms with van der Waals surface area (Å²) in [5.74, 6) is 0.991. The van der Waals surface area contributed by atoms with Gasteiger partial charge in [0.15, 0.2) is 16.9 Å². The third kappa shape index (κ3) is 3.31. The largest absolute Gasteiger partial charge is 0.454 e. The third-order valence-corrected chi connectivity index (χ3v) is 6.61. The summed E-state index contributed by atoms with van der Waals surface area (Å²) in [5.41, 5.74) is 2.02. The topological polar surface area (TPSA) is 69.0 Å². The van der Waals surface area contributed by atoms with Gasteiger partial charge < -0.3 is 18.8 Å². The van der Waals surface area contributed by atoms with Gasteiger partial charge in [-0.15, -0.1) is 0 Å². The Kier molecular flexibility index (Phi) is 4.71. The molecule has 0 fully saturated rings. The number of nitrogens with zero attached hydrogens (tertiary/aromatic N) is 1. The van der Waals surface area contributed by atoms with Crippen molar-refractivity contribution in [2.24, 2.45) is 0 Å². The second-order valence-electron chi connectivity index (χ2n) is 7.89. The number of hydrogen-bond acceptors (Lipinski definition) is 5. The first-order chi connectivity index (χ1) is 16.0.